The van der Waals surface area contributed by atoms with Gasteiger partial charge in [0.2, 0.25) is 0 Å². The van der Waals surface area contributed by atoms with Crippen LogP contribution in [0.25, 0.3) is 33.0 Å². The fraction of sp³-hybridized carbons (Fsp3) is 0.0833. The van der Waals surface area contributed by atoms with Gasteiger partial charge in [0, 0.05) is 28.9 Å². The molecule has 0 radical (unpaired) electrons. The largest absolute Gasteiger partial charge is 0.299 e. The Kier molecular flexibility index (Phi) is 1.52. The number of hydrogen-bond donors (Lipinski definition) is 0. The van der Waals surface area contributed by atoms with Crippen LogP contribution in [0, 0.1) is 20.3 Å². The van der Waals surface area contributed by atoms with Crippen molar-refractivity contribution in [2.24, 2.45) is 0 Å². The number of hydrogen-bond acceptors (Lipinski definition) is 1. The minimum absolute atomic E-state index is 0.479. The second-order valence-electron chi connectivity index (χ2n) is 5.13. The first-order valence-electron chi connectivity index (χ1n) is 16.4. The van der Waals surface area contributed by atoms with Crippen LogP contribution >= 0.6 is 0 Å². The van der Waals surface area contributed by atoms with Gasteiger partial charge in [0.15, 0.2) is 5.69 Å². The van der Waals surface area contributed by atoms with Crippen LogP contribution in [0.2, 0.25) is 0 Å². The van der Waals surface area contributed by atoms with E-state index < -0.39 is 131 Å². The van der Waals surface area contributed by atoms with E-state index in [1.54, 1.807) is 0 Å². The lowest BCUT2D eigenvalue weighted by Crippen LogP contribution is -2.03. The quantitative estimate of drug-likeness (QED) is 0.385. The Balaban J connectivity index is 2.42. The molecule has 0 atom stereocenters. The van der Waals surface area contributed by atoms with E-state index in [1.165, 1.54) is 0 Å². The number of imidazole rings is 1. The molecule has 1 aromatic heterocycles. The van der Waals surface area contributed by atoms with Gasteiger partial charge in [-0.1, -0.05) is 60.4 Å². The molecule has 3 aromatic carbocycles. The highest BCUT2D eigenvalue weighted by molar-refractivity contribution is 5.74. The molecule has 0 bridgehead atoms. The SMILES string of the molecule is [2H]c1cc(-c2nc([2H])c([2H])n2-c2c(C([2H])([2H])[2H])c([2H])c([2H])c(-c3c([2H])c([2H])c([2H])c([2H])c3[2H])c2C([2H])([2H])[2H])c([2H])c([N+]#[C-])c1[2H]. The van der Waals surface area contributed by atoms with E-state index in [1.807, 2.05) is 0 Å². The van der Waals surface area contributed by atoms with Crippen LogP contribution in [0.15, 0.2) is 78.8 Å². The molecule has 0 aliphatic rings. The summed E-state index contributed by atoms with van der Waals surface area (Å²) < 4.78 is 150. The highest BCUT2D eigenvalue weighted by atomic mass is 15.1. The highest BCUT2D eigenvalue weighted by Crippen LogP contribution is 2.33. The molecule has 3 nitrogen and oxygen atoms in total. The first-order valence-corrected chi connectivity index (χ1v) is 7.39. The summed E-state index contributed by atoms with van der Waals surface area (Å²) in [6.07, 6.45) is -1.87. The van der Waals surface area contributed by atoms with Crippen LogP contribution in [0.1, 0.15) is 35.8 Å². The van der Waals surface area contributed by atoms with Gasteiger partial charge in [-0.2, -0.15) is 0 Å². The van der Waals surface area contributed by atoms with E-state index in [4.69, 9.17) is 31.2 Å². The minimum Gasteiger partial charge on any atom is -0.299 e. The molecule has 0 saturated carbocycles. The Hall–Kier alpha value is -3.64. The van der Waals surface area contributed by atoms with Gasteiger partial charge in [0.1, 0.15) is 5.82 Å². The smallest absolute Gasteiger partial charge is 0.187 e. The van der Waals surface area contributed by atoms with Crippen molar-refractivity contribution in [1.82, 2.24) is 9.55 Å². The summed E-state index contributed by atoms with van der Waals surface area (Å²) in [5.74, 6) is -0.687. The van der Waals surface area contributed by atoms with Crippen LogP contribution in [0.5, 0.6) is 0 Å². The van der Waals surface area contributed by atoms with Gasteiger partial charge in [-0.15, -0.1) is 0 Å². The average molecular weight is 368 g/mol. The Bertz CT molecular complexity index is 1930. The van der Waals surface area contributed by atoms with Gasteiger partial charge in [-0.3, -0.25) is 4.57 Å². The van der Waals surface area contributed by atoms with Crippen LogP contribution in [-0.4, -0.2) is 9.55 Å². The van der Waals surface area contributed by atoms with Gasteiger partial charge in [-0.05, 0) is 42.0 Å². The summed E-state index contributed by atoms with van der Waals surface area (Å²) in [5, 5.41) is 0. The molecule has 0 aliphatic carbocycles. The molecule has 4 rings (SSSR count). The fourth-order valence-corrected chi connectivity index (χ4v) is 2.40. The third-order valence-electron chi connectivity index (χ3n) is 3.56. The van der Waals surface area contributed by atoms with Gasteiger partial charge >= 0.3 is 0 Å². The number of rotatable bonds is 3. The zero-order valence-corrected chi connectivity index (χ0v) is 13.4. The average Bonchev–Trinajstić information content (AvgIpc) is 3.22. The van der Waals surface area contributed by atoms with Crippen molar-refractivity contribution in [2.45, 2.75) is 13.7 Å². The van der Waals surface area contributed by atoms with Gasteiger partial charge in [0.25, 0.3) is 0 Å². The van der Waals surface area contributed by atoms with Crippen molar-refractivity contribution in [2.75, 3.05) is 0 Å². The third kappa shape index (κ3) is 3.02. The Morgan fingerprint density at radius 3 is 2.70 bits per heavy atom. The first-order chi connectivity index (χ1) is 20.6. The molecule has 0 spiro atoms. The monoisotopic (exact) mass is 367 g/mol. The lowest BCUT2D eigenvalue weighted by molar-refractivity contribution is 1.03. The Morgan fingerprint density at radius 1 is 1.04 bits per heavy atom. The zero-order valence-electron chi connectivity index (χ0n) is 31.4. The van der Waals surface area contributed by atoms with E-state index in [9.17, 15) is 0 Å². The van der Waals surface area contributed by atoms with Crippen molar-refractivity contribution in [3.8, 4) is 28.2 Å². The normalized spacial score (nSPS) is 21.0. The predicted octanol–water partition coefficient (Wildman–Crippen LogP) is 6.37. The minimum atomic E-state index is -3.48. The Labute approximate surface area is 184 Å². The molecule has 0 fully saturated rings. The molecule has 1 heterocycles. The summed E-state index contributed by atoms with van der Waals surface area (Å²) in [7, 11) is 0. The second kappa shape index (κ2) is 6.93. The summed E-state index contributed by atoms with van der Waals surface area (Å²) in [4.78, 5) is 6.96. The third-order valence-corrected chi connectivity index (χ3v) is 3.56. The lowest BCUT2D eigenvalue weighted by atomic mass is 9.96. The lowest BCUT2D eigenvalue weighted by Gasteiger charge is -2.17. The van der Waals surface area contributed by atoms with Gasteiger partial charge in [-0.25, -0.2) is 9.83 Å². The highest BCUT2D eigenvalue weighted by Gasteiger charge is 2.15. The maximum atomic E-state index is 8.70. The molecule has 130 valence electrons. The number of nitrogens with zero attached hydrogens (tertiary/aromatic N) is 3. The van der Waals surface area contributed by atoms with Crippen molar-refractivity contribution in [3.05, 3.63) is 101 Å². The Morgan fingerprint density at radius 2 is 1.93 bits per heavy atom. The number of aromatic nitrogens is 2. The van der Waals surface area contributed by atoms with Crippen molar-refractivity contribution < 1.29 is 24.7 Å². The van der Waals surface area contributed by atoms with Crippen molar-refractivity contribution in [1.29, 1.82) is 0 Å². The van der Waals surface area contributed by atoms with E-state index in [0.29, 0.717) is 4.57 Å². The van der Waals surface area contributed by atoms with Crippen molar-refractivity contribution in [3.63, 3.8) is 0 Å². The molecule has 0 amide bonds. The van der Waals surface area contributed by atoms with Gasteiger partial charge in [0.05, 0.1) is 26.0 Å². The fourth-order valence-electron chi connectivity index (χ4n) is 2.40. The van der Waals surface area contributed by atoms with Crippen LogP contribution < -0.4 is 0 Å². The van der Waals surface area contributed by atoms with Crippen LogP contribution in [0.4, 0.5) is 5.69 Å². The van der Waals surface area contributed by atoms with Gasteiger partial charge < -0.3 is 0 Å². The molecular weight excluding hydrogens is 330 g/mol. The summed E-state index contributed by atoms with van der Waals surface area (Å²) in [5.41, 5.74) is -6.16. The second-order valence-corrected chi connectivity index (χ2v) is 5.13. The van der Waals surface area contributed by atoms with Crippen LogP contribution in [0.3, 0.4) is 0 Å². The maximum Gasteiger partial charge on any atom is 0.187 e. The van der Waals surface area contributed by atoms with E-state index in [0.717, 1.165) is 6.07 Å². The van der Waals surface area contributed by atoms with E-state index in [-0.39, 0.29) is 0 Å². The van der Waals surface area contributed by atoms with E-state index in [2.05, 4.69) is 9.83 Å². The van der Waals surface area contributed by atoms with Crippen molar-refractivity contribution >= 4 is 5.69 Å². The number of benzene rings is 3. The van der Waals surface area contributed by atoms with E-state index >= 15 is 0 Å². The molecule has 3 heteroatoms. The molecule has 0 unspecified atom stereocenters. The maximum absolute atomic E-state index is 8.70. The zero-order chi connectivity index (χ0) is 34.2. The molecule has 0 aliphatic heterocycles. The predicted molar refractivity (Wildman–Crippen MR) is 110 cm³/mol. The summed E-state index contributed by atoms with van der Waals surface area (Å²) in [6.45, 7) is 0.493. The standard InChI is InChI=1S/C24H19N3/c1-17-12-13-22(19-8-5-4-6-9-19)18(2)23(17)27-15-14-26-24(27)20-10-7-11-21(16-20)25-3/h4-16H,1-2H3/i1D3,2D3,4D,5D,6D,7D,8D,9D,11D,12D,13D,14D,15D,16D. The molecule has 0 N–H and O–H groups in total. The molecular formula is C24H19N3. The first kappa shape index (κ1) is 5.94. The summed E-state index contributed by atoms with van der Waals surface area (Å²) >= 11 is 0. The summed E-state index contributed by atoms with van der Waals surface area (Å²) in [6, 6.07) is -7.99. The molecule has 27 heavy (non-hydrogen) atoms. The van der Waals surface area contributed by atoms with Crippen LogP contribution in [-0.2, 0) is 0 Å². The molecule has 4 aromatic rings. The molecule has 0 saturated heterocycles. The topological polar surface area (TPSA) is 22.2 Å².